The van der Waals surface area contributed by atoms with Crippen molar-refractivity contribution in [1.29, 1.82) is 0 Å². The van der Waals surface area contributed by atoms with Crippen molar-refractivity contribution in [3.05, 3.63) is 42.5 Å². The molecule has 0 radical (unpaired) electrons. The molecular formula is C14H15NS. The molecule has 0 atom stereocenters. The van der Waals surface area contributed by atoms with Gasteiger partial charge in [-0.25, -0.2) is 0 Å². The third-order valence-electron chi connectivity index (χ3n) is 2.55. The normalized spacial score (nSPS) is 12.0. The van der Waals surface area contributed by atoms with E-state index in [1.807, 2.05) is 18.8 Å². The minimum Gasteiger partial charge on any atom is -0.297 e. The number of fused-ring (bicyclic) bond motifs is 1. The van der Waals surface area contributed by atoms with Gasteiger partial charge in [-0.15, -0.1) is 11.8 Å². The SMILES string of the molecule is CN=C(C)CSc1ccc2ccccc2c1. The number of hydrogen-bond acceptors (Lipinski definition) is 2. The largest absolute Gasteiger partial charge is 0.297 e. The van der Waals surface area contributed by atoms with Gasteiger partial charge in [-0.05, 0) is 29.8 Å². The van der Waals surface area contributed by atoms with E-state index in [1.165, 1.54) is 21.4 Å². The molecule has 2 aromatic carbocycles. The molecule has 0 amide bonds. The predicted molar refractivity (Wildman–Crippen MR) is 73.7 cm³/mol. The van der Waals surface area contributed by atoms with Crippen molar-refractivity contribution in [2.75, 3.05) is 12.8 Å². The molecule has 0 aliphatic carbocycles. The van der Waals surface area contributed by atoms with E-state index in [0.717, 1.165) is 5.75 Å². The molecule has 0 heterocycles. The lowest BCUT2D eigenvalue weighted by Crippen LogP contribution is -1.93. The van der Waals surface area contributed by atoms with Crippen LogP contribution in [0.5, 0.6) is 0 Å². The van der Waals surface area contributed by atoms with Crippen LogP contribution in [-0.4, -0.2) is 18.5 Å². The summed E-state index contributed by atoms with van der Waals surface area (Å²) in [7, 11) is 1.84. The fourth-order valence-corrected chi connectivity index (χ4v) is 2.39. The summed E-state index contributed by atoms with van der Waals surface area (Å²) in [6, 6.07) is 15.0. The molecule has 0 bridgehead atoms. The number of benzene rings is 2. The molecule has 2 rings (SSSR count). The standard InChI is InChI=1S/C14H15NS/c1-11(15-2)10-16-14-8-7-12-5-3-4-6-13(12)9-14/h3-9H,10H2,1-2H3. The summed E-state index contributed by atoms with van der Waals surface area (Å²) in [5, 5.41) is 2.60. The maximum Gasteiger partial charge on any atom is 0.0358 e. The lowest BCUT2D eigenvalue weighted by molar-refractivity contribution is 1.40. The van der Waals surface area contributed by atoms with Crippen molar-refractivity contribution >= 4 is 28.2 Å². The Bertz CT molecular complexity index is 517. The van der Waals surface area contributed by atoms with E-state index >= 15 is 0 Å². The molecule has 0 aliphatic rings. The topological polar surface area (TPSA) is 12.4 Å². The van der Waals surface area contributed by atoms with Crippen LogP contribution in [0.2, 0.25) is 0 Å². The molecule has 1 nitrogen and oxygen atoms in total. The maximum absolute atomic E-state index is 4.16. The number of thioether (sulfide) groups is 1. The van der Waals surface area contributed by atoms with E-state index in [0.29, 0.717) is 0 Å². The minimum atomic E-state index is 0.967. The lowest BCUT2D eigenvalue weighted by atomic mass is 10.1. The van der Waals surface area contributed by atoms with Crippen LogP contribution in [0.25, 0.3) is 10.8 Å². The monoisotopic (exact) mass is 229 g/mol. The Morgan fingerprint density at radius 3 is 2.62 bits per heavy atom. The van der Waals surface area contributed by atoms with Crippen molar-refractivity contribution in [3.63, 3.8) is 0 Å². The maximum atomic E-state index is 4.16. The van der Waals surface area contributed by atoms with E-state index in [2.05, 4.69) is 54.4 Å². The molecule has 0 unspecified atom stereocenters. The van der Waals surface area contributed by atoms with Gasteiger partial charge in [-0.2, -0.15) is 0 Å². The molecule has 0 spiro atoms. The number of rotatable bonds is 3. The Balaban J connectivity index is 2.20. The Hall–Kier alpha value is -1.28. The van der Waals surface area contributed by atoms with Crippen LogP contribution in [0, 0.1) is 0 Å². The van der Waals surface area contributed by atoms with Gasteiger partial charge >= 0.3 is 0 Å². The zero-order chi connectivity index (χ0) is 11.4. The van der Waals surface area contributed by atoms with Crippen LogP contribution in [0.3, 0.4) is 0 Å². The molecular weight excluding hydrogens is 214 g/mol. The van der Waals surface area contributed by atoms with Gasteiger partial charge in [0.25, 0.3) is 0 Å². The molecule has 2 aromatic rings. The van der Waals surface area contributed by atoms with Crippen molar-refractivity contribution in [1.82, 2.24) is 0 Å². The van der Waals surface area contributed by atoms with Crippen LogP contribution in [0.4, 0.5) is 0 Å². The second kappa shape index (κ2) is 5.17. The highest BCUT2D eigenvalue weighted by molar-refractivity contribution is 8.00. The van der Waals surface area contributed by atoms with E-state index in [4.69, 9.17) is 0 Å². The number of hydrogen-bond donors (Lipinski definition) is 0. The molecule has 0 N–H and O–H groups in total. The highest BCUT2D eigenvalue weighted by Crippen LogP contribution is 2.23. The first-order chi connectivity index (χ1) is 7.79. The van der Waals surface area contributed by atoms with E-state index in [1.54, 1.807) is 0 Å². The molecule has 0 saturated heterocycles. The van der Waals surface area contributed by atoms with Gasteiger partial charge in [-0.3, -0.25) is 4.99 Å². The fourth-order valence-electron chi connectivity index (χ4n) is 1.51. The highest BCUT2D eigenvalue weighted by Gasteiger charge is 1.97. The van der Waals surface area contributed by atoms with Gasteiger partial charge in [0.1, 0.15) is 0 Å². The Morgan fingerprint density at radius 1 is 1.12 bits per heavy atom. The van der Waals surface area contributed by atoms with Gasteiger partial charge in [0.15, 0.2) is 0 Å². The zero-order valence-corrected chi connectivity index (χ0v) is 10.4. The van der Waals surface area contributed by atoms with Crippen LogP contribution < -0.4 is 0 Å². The van der Waals surface area contributed by atoms with Crippen LogP contribution in [0.1, 0.15) is 6.92 Å². The first-order valence-corrected chi connectivity index (χ1v) is 6.32. The fraction of sp³-hybridized carbons (Fsp3) is 0.214. The van der Waals surface area contributed by atoms with Crippen molar-refractivity contribution < 1.29 is 0 Å². The average Bonchev–Trinajstić information content (AvgIpc) is 2.35. The molecule has 2 heteroatoms. The molecule has 0 aromatic heterocycles. The second-order valence-corrected chi connectivity index (χ2v) is 4.81. The van der Waals surface area contributed by atoms with Gasteiger partial charge in [0.05, 0.1) is 0 Å². The number of aliphatic imine (C=N–C) groups is 1. The molecule has 0 aliphatic heterocycles. The average molecular weight is 229 g/mol. The molecule has 0 fully saturated rings. The van der Waals surface area contributed by atoms with Crippen molar-refractivity contribution in [2.24, 2.45) is 4.99 Å². The Labute approximate surface area is 101 Å². The molecule has 82 valence electrons. The lowest BCUT2D eigenvalue weighted by Gasteiger charge is -2.03. The Kier molecular flexibility index (Phi) is 3.62. The highest BCUT2D eigenvalue weighted by atomic mass is 32.2. The van der Waals surface area contributed by atoms with Crippen molar-refractivity contribution in [3.8, 4) is 0 Å². The van der Waals surface area contributed by atoms with Gasteiger partial charge in [0.2, 0.25) is 0 Å². The van der Waals surface area contributed by atoms with E-state index < -0.39 is 0 Å². The van der Waals surface area contributed by atoms with Gasteiger partial charge in [0, 0.05) is 23.4 Å². The summed E-state index contributed by atoms with van der Waals surface area (Å²) in [6.07, 6.45) is 0. The Morgan fingerprint density at radius 2 is 1.88 bits per heavy atom. The number of nitrogens with zero attached hydrogens (tertiary/aromatic N) is 1. The quantitative estimate of drug-likeness (QED) is 0.572. The zero-order valence-electron chi connectivity index (χ0n) is 9.60. The second-order valence-electron chi connectivity index (χ2n) is 3.76. The summed E-state index contributed by atoms with van der Waals surface area (Å²) < 4.78 is 0. The third-order valence-corrected chi connectivity index (χ3v) is 3.70. The molecule has 16 heavy (non-hydrogen) atoms. The first-order valence-electron chi connectivity index (χ1n) is 5.33. The van der Waals surface area contributed by atoms with Gasteiger partial charge in [-0.1, -0.05) is 30.3 Å². The van der Waals surface area contributed by atoms with E-state index in [9.17, 15) is 0 Å². The van der Waals surface area contributed by atoms with Crippen LogP contribution in [0.15, 0.2) is 52.4 Å². The van der Waals surface area contributed by atoms with Gasteiger partial charge < -0.3 is 0 Å². The van der Waals surface area contributed by atoms with Crippen LogP contribution in [-0.2, 0) is 0 Å². The van der Waals surface area contributed by atoms with E-state index in [-0.39, 0.29) is 0 Å². The summed E-state index contributed by atoms with van der Waals surface area (Å²) in [5.74, 6) is 0.967. The van der Waals surface area contributed by atoms with Crippen molar-refractivity contribution in [2.45, 2.75) is 11.8 Å². The summed E-state index contributed by atoms with van der Waals surface area (Å²) in [5.41, 5.74) is 1.18. The third kappa shape index (κ3) is 2.64. The predicted octanol–water partition coefficient (Wildman–Crippen LogP) is 4.02. The summed E-state index contributed by atoms with van der Waals surface area (Å²) in [4.78, 5) is 5.47. The summed E-state index contributed by atoms with van der Waals surface area (Å²) >= 11 is 1.84. The first kappa shape index (κ1) is 11.2. The smallest absolute Gasteiger partial charge is 0.0358 e. The molecule has 0 saturated carbocycles. The minimum absolute atomic E-state index is 0.967. The summed E-state index contributed by atoms with van der Waals surface area (Å²) in [6.45, 7) is 2.06. The van der Waals surface area contributed by atoms with Crippen LogP contribution >= 0.6 is 11.8 Å².